The van der Waals surface area contributed by atoms with Crippen LogP contribution in [0.5, 0.6) is 0 Å². The van der Waals surface area contributed by atoms with Gasteiger partial charge in [-0.2, -0.15) is 5.26 Å². The lowest BCUT2D eigenvalue weighted by Crippen LogP contribution is -1.94. The summed E-state index contributed by atoms with van der Waals surface area (Å²) in [6, 6.07) is 2.36. The first-order chi connectivity index (χ1) is 6.85. The minimum atomic E-state index is 0.219. The maximum absolute atomic E-state index is 8.86. The van der Waals surface area contributed by atoms with Gasteiger partial charge in [0, 0.05) is 5.92 Å². The molecule has 0 amide bonds. The highest BCUT2D eigenvalue weighted by Crippen LogP contribution is 2.13. The Morgan fingerprint density at radius 1 is 1.14 bits per heavy atom. The second-order valence-corrected chi connectivity index (χ2v) is 3.48. The molecular weight excluding hydrogens is 170 g/mol. The molecule has 1 atom stereocenters. The molecule has 0 radical (unpaired) electrons. The molecule has 0 saturated carbocycles. The van der Waals surface area contributed by atoms with Crippen molar-refractivity contribution >= 4 is 0 Å². The van der Waals surface area contributed by atoms with Crippen LogP contribution >= 0.6 is 0 Å². The summed E-state index contributed by atoms with van der Waals surface area (Å²) in [4.78, 5) is 0. The van der Waals surface area contributed by atoms with Crippen LogP contribution in [0.2, 0.25) is 0 Å². The van der Waals surface area contributed by atoms with Gasteiger partial charge in [0.05, 0.1) is 6.07 Å². The van der Waals surface area contributed by atoms with E-state index in [2.05, 4.69) is 24.3 Å². The molecule has 0 aromatic heterocycles. The van der Waals surface area contributed by atoms with Gasteiger partial charge in [0.25, 0.3) is 0 Å². The molecule has 0 bridgehead atoms. The summed E-state index contributed by atoms with van der Waals surface area (Å²) in [5.74, 6) is 0.219. The standard InChI is InChI=1S/C13H21N/c1-3-5-7-8-9-11-13(12-14)10-6-4-2/h3-6,13H,7-11H2,1-2H3/b5-3+,6-4+. The van der Waals surface area contributed by atoms with Gasteiger partial charge in [-0.1, -0.05) is 30.7 Å². The van der Waals surface area contributed by atoms with Crippen molar-refractivity contribution in [1.29, 1.82) is 5.26 Å². The van der Waals surface area contributed by atoms with Crippen LogP contribution < -0.4 is 0 Å². The largest absolute Gasteiger partial charge is 0.198 e. The van der Waals surface area contributed by atoms with Crippen molar-refractivity contribution in [2.24, 2.45) is 5.92 Å². The number of hydrogen-bond acceptors (Lipinski definition) is 1. The number of unbranched alkanes of at least 4 members (excludes halogenated alkanes) is 2. The molecule has 0 aromatic carbocycles. The van der Waals surface area contributed by atoms with E-state index < -0.39 is 0 Å². The van der Waals surface area contributed by atoms with Gasteiger partial charge in [-0.3, -0.25) is 0 Å². The average Bonchev–Trinajstić information content (AvgIpc) is 2.22. The van der Waals surface area contributed by atoms with Crippen LogP contribution in [-0.4, -0.2) is 0 Å². The lowest BCUT2D eigenvalue weighted by Gasteiger charge is -2.04. The SMILES string of the molecule is C/C=C/CCCCC(C#N)C/C=C/C. The lowest BCUT2D eigenvalue weighted by molar-refractivity contribution is 0.560. The molecule has 0 aromatic rings. The van der Waals surface area contributed by atoms with Crippen molar-refractivity contribution in [3.63, 3.8) is 0 Å². The zero-order valence-electron chi connectivity index (χ0n) is 9.37. The van der Waals surface area contributed by atoms with E-state index in [1.165, 1.54) is 12.8 Å². The molecular formula is C13H21N. The molecule has 0 spiro atoms. The predicted octanol–water partition coefficient (Wildman–Crippen LogP) is 4.23. The Hall–Kier alpha value is -1.03. The fourth-order valence-corrected chi connectivity index (χ4v) is 1.36. The highest BCUT2D eigenvalue weighted by Gasteiger charge is 2.03. The number of allylic oxidation sites excluding steroid dienone is 4. The zero-order valence-corrected chi connectivity index (χ0v) is 9.37. The third-order valence-electron chi connectivity index (χ3n) is 2.25. The van der Waals surface area contributed by atoms with Crippen molar-refractivity contribution < 1.29 is 0 Å². The van der Waals surface area contributed by atoms with Gasteiger partial charge in [0.1, 0.15) is 0 Å². The topological polar surface area (TPSA) is 23.8 Å². The summed E-state index contributed by atoms with van der Waals surface area (Å²) in [7, 11) is 0. The van der Waals surface area contributed by atoms with Gasteiger partial charge in [-0.25, -0.2) is 0 Å². The van der Waals surface area contributed by atoms with Crippen molar-refractivity contribution in [1.82, 2.24) is 0 Å². The second kappa shape index (κ2) is 10.1. The molecule has 1 unspecified atom stereocenters. The molecule has 14 heavy (non-hydrogen) atoms. The van der Waals surface area contributed by atoms with E-state index in [-0.39, 0.29) is 5.92 Å². The summed E-state index contributed by atoms with van der Waals surface area (Å²) in [5, 5.41) is 8.86. The normalized spacial score (nSPS) is 13.5. The first kappa shape index (κ1) is 13.0. The minimum Gasteiger partial charge on any atom is -0.198 e. The Morgan fingerprint density at radius 2 is 1.86 bits per heavy atom. The van der Waals surface area contributed by atoms with Gasteiger partial charge < -0.3 is 0 Å². The summed E-state index contributed by atoms with van der Waals surface area (Å²) in [5.41, 5.74) is 0. The molecule has 0 N–H and O–H groups in total. The Labute approximate surface area is 88.1 Å². The molecule has 1 heteroatoms. The third kappa shape index (κ3) is 7.61. The van der Waals surface area contributed by atoms with Crippen molar-refractivity contribution in [2.75, 3.05) is 0 Å². The Bertz CT molecular complexity index is 208. The van der Waals surface area contributed by atoms with Crippen molar-refractivity contribution in [2.45, 2.75) is 46.0 Å². The van der Waals surface area contributed by atoms with Gasteiger partial charge in [0.2, 0.25) is 0 Å². The number of nitrogens with zero attached hydrogens (tertiary/aromatic N) is 1. The summed E-state index contributed by atoms with van der Waals surface area (Å²) in [6.07, 6.45) is 13.9. The maximum Gasteiger partial charge on any atom is 0.0659 e. The molecule has 0 fully saturated rings. The minimum absolute atomic E-state index is 0.219. The number of hydrogen-bond donors (Lipinski definition) is 0. The van der Waals surface area contributed by atoms with Crippen molar-refractivity contribution in [3.05, 3.63) is 24.3 Å². The van der Waals surface area contributed by atoms with E-state index >= 15 is 0 Å². The Balaban J connectivity index is 3.48. The lowest BCUT2D eigenvalue weighted by atomic mass is 9.99. The summed E-state index contributed by atoms with van der Waals surface area (Å²) >= 11 is 0. The third-order valence-corrected chi connectivity index (χ3v) is 2.25. The van der Waals surface area contributed by atoms with Crippen LogP contribution in [0.15, 0.2) is 24.3 Å². The summed E-state index contributed by atoms with van der Waals surface area (Å²) in [6.45, 7) is 4.05. The zero-order chi connectivity index (χ0) is 10.6. The van der Waals surface area contributed by atoms with Crippen LogP contribution in [0.25, 0.3) is 0 Å². The fraction of sp³-hybridized carbons (Fsp3) is 0.615. The Morgan fingerprint density at radius 3 is 2.43 bits per heavy atom. The highest BCUT2D eigenvalue weighted by molar-refractivity contribution is 4.90. The van der Waals surface area contributed by atoms with Crippen LogP contribution in [-0.2, 0) is 0 Å². The fourth-order valence-electron chi connectivity index (χ4n) is 1.36. The molecule has 0 rings (SSSR count). The maximum atomic E-state index is 8.86. The molecule has 0 aliphatic heterocycles. The molecule has 1 nitrogen and oxygen atoms in total. The molecule has 0 aliphatic rings. The van der Waals surface area contributed by atoms with E-state index in [1.807, 2.05) is 19.9 Å². The quantitative estimate of drug-likeness (QED) is 0.436. The van der Waals surface area contributed by atoms with Gasteiger partial charge >= 0.3 is 0 Å². The molecule has 0 aliphatic carbocycles. The van der Waals surface area contributed by atoms with E-state index in [1.54, 1.807) is 0 Å². The first-order valence-corrected chi connectivity index (χ1v) is 5.47. The first-order valence-electron chi connectivity index (χ1n) is 5.47. The van der Waals surface area contributed by atoms with E-state index in [0.29, 0.717) is 0 Å². The molecule has 78 valence electrons. The smallest absolute Gasteiger partial charge is 0.0659 e. The van der Waals surface area contributed by atoms with Gasteiger partial charge in [-0.15, -0.1) is 0 Å². The van der Waals surface area contributed by atoms with E-state index in [0.717, 1.165) is 19.3 Å². The van der Waals surface area contributed by atoms with Crippen LogP contribution in [0.3, 0.4) is 0 Å². The highest BCUT2D eigenvalue weighted by atomic mass is 14.3. The number of rotatable bonds is 7. The van der Waals surface area contributed by atoms with Crippen molar-refractivity contribution in [3.8, 4) is 6.07 Å². The van der Waals surface area contributed by atoms with Gasteiger partial charge in [-0.05, 0) is 39.5 Å². The average molecular weight is 191 g/mol. The van der Waals surface area contributed by atoms with Crippen LogP contribution in [0, 0.1) is 17.2 Å². The predicted molar refractivity (Wildman–Crippen MR) is 61.8 cm³/mol. The summed E-state index contributed by atoms with van der Waals surface area (Å²) < 4.78 is 0. The second-order valence-electron chi connectivity index (χ2n) is 3.48. The monoisotopic (exact) mass is 191 g/mol. The van der Waals surface area contributed by atoms with E-state index in [9.17, 15) is 0 Å². The van der Waals surface area contributed by atoms with Gasteiger partial charge in [0.15, 0.2) is 0 Å². The molecule has 0 saturated heterocycles. The Kier molecular flexibility index (Phi) is 9.31. The number of nitriles is 1. The van der Waals surface area contributed by atoms with Crippen LogP contribution in [0.1, 0.15) is 46.0 Å². The van der Waals surface area contributed by atoms with Crippen LogP contribution in [0.4, 0.5) is 0 Å². The van der Waals surface area contributed by atoms with E-state index in [4.69, 9.17) is 5.26 Å². The molecule has 0 heterocycles.